The molecule has 0 saturated carbocycles. The van der Waals surface area contributed by atoms with Gasteiger partial charge in [-0.05, 0) is 31.0 Å². The van der Waals surface area contributed by atoms with Crippen LogP contribution in [0.5, 0.6) is 0 Å². The third kappa shape index (κ3) is 3.17. The molecular weight excluding hydrogens is 292 g/mol. The number of anilines is 2. The van der Waals surface area contributed by atoms with Crippen molar-refractivity contribution >= 4 is 21.5 Å². The number of rotatable bonds is 5. The molecule has 1 heterocycles. The van der Waals surface area contributed by atoms with E-state index in [9.17, 15) is 8.42 Å². The van der Waals surface area contributed by atoms with Crippen LogP contribution in [0.2, 0.25) is 0 Å². The fraction of sp³-hybridized carbons (Fsp3) is 0.308. The van der Waals surface area contributed by atoms with Gasteiger partial charge in [0.1, 0.15) is 0 Å². The summed E-state index contributed by atoms with van der Waals surface area (Å²) >= 11 is 0. The third-order valence-corrected chi connectivity index (χ3v) is 4.73. The van der Waals surface area contributed by atoms with Crippen LogP contribution in [-0.4, -0.2) is 29.9 Å². The number of hydrogen-bond acceptors (Lipinski definition) is 5. The third-order valence-electron chi connectivity index (χ3n) is 3.18. The van der Waals surface area contributed by atoms with Gasteiger partial charge in [0, 0.05) is 19.3 Å². The monoisotopic (exact) mass is 310 g/mol. The van der Waals surface area contributed by atoms with E-state index in [1.54, 1.807) is 38.2 Å². The van der Waals surface area contributed by atoms with Crippen molar-refractivity contribution < 1.29 is 13.5 Å². The van der Waals surface area contributed by atoms with Crippen molar-refractivity contribution in [3.63, 3.8) is 0 Å². The Bertz CT molecular complexity index is 736. The van der Waals surface area contributed by atoms with E-state index in [1.165, 1.54) is 4.68 Å². The van der Waals surface area contributed by atoms with Gasteiger partial charge in [-0.3, -0.25) is 9.40 Å². The lowest BCUT2D eigenvalue weighted by atomic mass is 10.1. The highest BCUT2D eigenvalue weighted by Crippen LogP contribution is 2.24. The normalized spacial score (nSPS) is 11.6. The molecule has 0 fully saturated rings. The average Bonchev–Trinajstić information content (AvgIpc) is 2.66. The minimum absolute atomic E-state index is 0.00978. The quantitative estimate of drug-likeness (QED) is 0.751. The number of nitrogens with zero attached hydrogens (tertiary/aromatic N) is 2. The van der Waals surface area contributed by atoms with Crippen molar-refractivity contribution in [2.24, 2.45) is 7.05 Å². The zero-order valence-corrected chi connectivity index (χ0v) is 12.7. The first-order chi connectivity index (χ1) is 9.85. The maximum Gasteiger partial charge on any atom is 0.267 e. The standard InChI is InChI=1S/C13H18N4O3S/c1-9-12(13(14)15-17(9)2)21(19,20)16-11-5-3-10(4-6-11)7-8-18/h3-6,16,18H,7-8H2,1-2H3,(H2,14,15). The number of sulfonamides is 1. The van der Waals surface area contributed by atoms with E-state index >= 15 is 0 Å². The van der Waals surface area contributed by atoms with Crippen LogP contribution in [0.4, 0.5) is 11.5 Å². The van der Waals surface area contributed by atoms with Gasteiger partial charge in [-0.1, -0.05) is 12.1 Å². The van der Waals surface area contributed by atoms with E-state index in [0.717, 1.165) is 5.56 Å². The molecule has 0 spiro atoms. The van der Waals surface area contributed by atoms with Gasteiger partial charge in [0.05, 0.1) is 5.69 Å². The molecule has 0 bridgehead atoms. The summed E-state index contributed by atoms with van der Waals surface area (Å²) in [6, 6.07) is 6.80. The second-order valence-corrected chi connectivity index (χ2v) is 6.32. The fourth-order valence-corrected chi connectivity index (χ4v) is 3.41. The lowest BCUT2D eigenvalue weighted by Gasteiger charge is -2.09. The Morgan fingerprint density at radius 2 is 1.95 bits per heavy atom. The summed E-state index contributed by atoms with van der Waals surface area (Å²) < 4.78 is 28.7. The second-order valence-electron chi connectivity index (χ2n) is 4.70. The highest BCUT2D eigenvalue weighted by atomic mass is 32.2. The Labute approximate surface area is 123 Å². The van der Waals surface area contributed by atoms with E-state index < -0.39 is 10.0 Å². The average molecular weight is 310 g/mol. The van der Waals surface area contributed by atoms with Gasteiger partial charge < -0.3 is 10.8 Å². The molecule has 0 radical (unpaired) electrons. The van der Waals surface area contributed by atoms with Crippen molar-refractivity contribution in [3.05, 3.63) is 35.5 Å². The molecule has 4 N–H and O–H groups in total. The lowest BCUT2D eigenvalue weighted by molar-refractivity contribution is 0.299. The SMILES string of the molecule is Cc1c(S(=O)(=O)Nc2ccc(CCO)cc2)c(N)nn1C. The van der Waals surface area contributed by atoms with E-state index in [2.05, 4.69) is 9.82 Å². The number of nitrogen functional groups attached to an aromatic ring is 1. The van der Waals surface area contributed by atoms with Crippen LogP contribution in [0, 0.1) is 6.92 Å². The van der Waals surface area contributed by atoms with Crippen molar-refractivity contribution in [3.8, 4) is 0 Å². The van der Waals surface area contributed by atoms with Crippen molar-refractivity contribution in [1.29, 1.82) is 0 Å². The minimum atomic E-state index is -3.79. The number of nitrogens with two attached hydrogens (primary N) is 1. The Morgan fingerprint density at radius 1 is 1.33 bits per heavy atom. The smallest absolute Gasteiger partial charge is 0.267 e. The van der Waals surface area contributed by atoms with Crippen LogP contribution in [0.15, 0.2) is 29.2 Å². The van der Waals surface area contributed by atoms with Crippen LogP contribution in [0.3, 0.4) is 0 Å². The van der Waals surface area contributed by atoms with Crippen LogP contribution in [0.25, 0.3) is 0 Å². The molecule has 0 aliphatic rings. The Kier molecular flexibility index (Phi) is 4.19. The predicted octanol–water partition coefficient (Wildman–Crippen LogP) is 0.646. The van der Waals surface area contributed by atoms with Crippen LogP contribution >= 0.6 is 0 Å². The van der Waals surface area contributed by atoms with Crippen LogP contribution in [0.1, 0.15) is 11.3 Å². The molecule has 0 saturated heterocycles. The van der Waals surface area contributed by atoms with Gasteiger partial charge >= 0.3 is 0 Å². The fourth-order valence-electron chi connectivity index (χ4n) is 2.02. The molecule has 2 aromatic rings. The highest BCUT2D eigenvalue weighted by molar-refractivity contribution is 7.93. The molecule has 2 rings (SSSR count). The Morgan fingerprint density at radius 3 is 2.43 bits per heavy atom. The zero-order valence-electron chi connectivity index (χ0n) is 11.9. The molecule has 7 nitrogen and oxygen atoms in total. The zero-order chi connectivity index (χ0) is 15.6. The van der Waals surface area contributed by atoms with Gasteiger partial charge in [0.25, 0.3) is 10.0 Å². The molecule has 114 valence electrons. The number of aryl methyl sites for hydroxylation is 1. The molecule has 8 heteroatoms. The number of benzene rings is 1. The number of nitrogens with one attached hydrogen (secondary N) is 1. The van der Waals surface area contributed by atoms with Crippen LogP contribution in [-0.2, 0) is 23.5 Å². The Hall–Kier alpha value is -2.06. The molecule has 0 unspecified atom stereocenters. The van der Waals surface area contributed by atoms with Crippen molar-refractivity contribution in [1.82, 2.24) is 9.78 Å². The number of aromatic nitrogens is 2. The second kappa shape index (κ2) is 5.74. The molecule has 1 aromatic carbocycles. The molecule has 1 aromatic heterocycles. The summed E-state index contributed by atoms with van der Waals surface area (Å²) in [6.45, 7) is 1.69. The maximum atomic E-state index is 12.4. The Balaban J connectivity index is 2.29. The van der Waals surface area contributed by atoms with Gasteiger partial charge in [-0.25, -0.2) is 8.42 Å². The van der Waals surface area contributed by atoms with Gasteiger partial charge in [-0.2, -0.15) is 5.10 Å². The first-order valence-corrected chi connectivity index (χ1v) is 7.85. The lowest BCUT2D eigenvalue weighted by Crippen LogP contribution is -2.15. The topological polar surface area (TPSA) is 110 Å². The minimum Gasteiger partial charge on any atom is -0.396 e. The van der Waals surface area contributed by atoms with Gasteiger partial charge in [-0.15, -0.1) is 0 Å². The number of aliphatic hydroxyl groups is 1. The van der Waals surface area contributed by atoms with E-state index in [-0.39, 0.29) is 17.3 Å². The molecular formula is C13H18N4O3S. The molecule has 0 aliphatic carbocycles. The van der Waals surface area contributed by atoms with Crippen LogP contribution < -0.4 is 10.5 Å². The van der Waals surface area contributed by atoms with E-state index in [4.69, 9.17) is 10.8 Å². The summed E-state index contributed by atoms with van der Waals surface area (Å²) in [4.78, 5) is -0.00978. The summed E-state index contributed by atoms with van der Waals surface area (Å²) in [7, 11) is -2.15. The molecule has 0 amide bonds. The summed E-state index contributed by atoms with van der Waals surface area (Å²) in [5.41, 5.74) is 7.49. The van der Waals surface area contributed by atoms with Gasteiger partial charge in [0.2, 0.25) is 0 Å². The summed E-state index contributed by atoms with van der Waals surface area (Å²) in [6.07, 6.45) is 0.529. The maximum absolute atomic E-state index is 12.4. The van der Waals surface area contributed by atoms with E-state index in [1.807, 2.05) is 0 Å². The van der Waals surface area contributed by atoms with Crippen molar-refractivity contribution in [2.45, 2.75) is 18.2 Å². The first-order valence-electron chi connectivity index (χ1n) is 6.37. The molecule has 0 aliphatic heterocycles. The predicted molar refractivity (Wildman–Crippen MR) is 80.4 cm³/mol. The highest BCUT2D eigenvalue weighted by Gasteiger charge is 2.24. The molecule has 21 heavy (non-hydrogen) atoms. The van der Waals surface area contributed by atoms with Gasteiger partial charge in [0.15, 0.2) is 10.7 Å². The number of aliphatic hydroxyl groups excluding tert-OH is 1. The first kappa shape index (κ1) is 15.3. The summed E-state index contributed by atoms with van der Waals surface area (Å²) in [5, 5.41) is 12.8. The largest absolute Gasteiger partial charge is 0.396 e. The summed E-state index contributed by atoms with van der Waals surface area (Å²) in [5.74, 6) is -0.0283. The van der Waals surface area contributed by atoms with E-state index in [0.29, 0.717) is 17.8 Å². The number of hydrogen-bond donors (Lipinski definition) is 3. The van der Waals surface area contributed by atoms with Crippen molar-refractivity contribution in [2.75, 3.05) is 17.1 Å². The molecule has 0 atom stereocenters.